The Morgan fingerprint density at radius 3 is 2.67 bits per heavy atom. The summed E-state index contributed by atoms with van der Waals surface area (Å²) in [4.78, 5) is 26.2. The van der Waals surface area contributed by atoms with Crippen LogP contribution in [-0.4, -0.2) is 28.4 Å². The van der Waals surface area contributed by atoms with Gasteiger partial charge in [0.1, 0.15) is 5.25 Å². The molecule has 0 spiro atoms. The predicted molar refractivity (Wildman–Crippen MR) is 110 cm³/mol. The van der Waals surface area contributed by atoms with Crippen LogP contribution >= 0.6 is 23.4 Å². The minimum atomic E-state index is -0.614. The molecular formula is C19H17ClN4O2S. The molecule has 0 bridgehead atoms. The van der Waals surface area contributed by atoms with Crippen molar-refractivity contribution in [3.8, 4) is 0 Å². The fraction of sp³-hybridized carbons (Fsp3) is 0.158. The summed E-state index contributed by atoms with van der Waals surface area (Å²) in [5.41, 5.74) is 8.03. The number of amides is 2. The fourth-order valence-electron chi connectivity index (χ4n) is 2.66. The smallest absolute Gasteiger partial charge is 0.247 e. The number of nitrogens with zero attached hydrogens (tertiary/aromatic N) is 3. The summed E-state index contributed by atoms with van der Waals surface area (Å²) < 4.78 is 0. The molecule has 2 N–H and O–H groups in total. The van der Waals surface area contributed by atoms with Crippen molar-refractivity contribution < 1.29 is 9.59 Å². The molecule has 2 aromatic carbocycles. The van der Waals surface area contributed by atoms with Crippen LogP contribution in [0.5, 0.6) is 0 Å². The Bertz CT molecular complexity index is 945. The van der Waals surface area contributed by atoms with Crippen molar-refractivity contribution in [3.63, 3.8) is 0 Å². The highest BCUT2D eigenvalue weighted by atomic mass is 35.5. The van der Waals surface area contributed by atoms with Gasteiger partial charge in [-0.25, -0.2) is 4.90 Å². The van der Waals surface area contributed by atoms with Gasteiger partial charge < -0.3 is 5.73 Å². The van der Waals surface area contributed by atoms with Crippen LogP contribution < -0.4 is 10.6 Å². The van der Waals surface area contributed by atoms with E-state index in [0.717, 1.165) is 17.3 Å². The Morgan fingerprint density at radius 1 is 1.22 bits per heavy atom. The first-order valence-corrected chi connectivity index (χ1v) is 9.43. The predicted octanol–water partition coefficient (Wildman–Crippen LogP) is 3.36. The highest BCUT2D eigenvalue weighted by Crippen LogP contribution is 2.31. The molecule has 0 aliphatic carbocycles. The summed E-state index contributed by atoms with van der Waals surface area (Å²) in [6.45, 7) is 1.86. The number of hydrogen-bond donors (Lipinski definition) is 1. The number of para-hydroxylation sites is 1. The SMILES string of the molecule is Cc1ccccc1N1C(=O)C[C@@H](SC(N)=N/N=C\c2ccccc2Cl)C1=O. The largest absolute Gasteiger partial charge is 0.377 e. The lowest BCUT2D eigenvalue weighted by Gasteiger charge is -2.16. The zero-order valence-corrected chi connectivity index (χ0v) is 16.1. The number of amidine groups is 1. The number of anilines is 1. The average molecular weight is 401 g/mol. The molecule has 27 heavy (non-hydrogen) atoms. The molecule has 1 fully saturated rings. The van der Waals surface area contributed by atoms with E-state index in [-0.39, 0.29) is 23.4 Å². The summed E-state index contributed by atoms with van der Waals surface area (Å²) in [6, 6.07) is 14.4. The van der Waals surface area contributed by atoms with Gasteiger partial charge in [-0.2, -0.15) is 5.10 Å². The Hall–Kier alpha value is -2.64. The monoisotopic (exact) mass is 400 g/mol. The molecule has 1 aliphatic heterocycles. The van der Waals surface area contributed by atoms with E-state index in [1.54, 1.807) is 24.3 Å². The minimum Gasteiger partial charge on any atom is -0.377 e. The van der Waals surface area contributed by atoms with Gasteiger partial charge in [0.15, 0.2) is 5.17 Å². The van der Waals surface area contributed by atoms with E-state index < -0.39 is 5.25 Å². The van der Waals surface area contributed by atoms with Crippen LogP contribution in [0.25, 0.3) is 0 Å². The number of rotatable bonds is 4. The standard InChI is InChI=1S/C19H17ClN4O2S/c1-12-6-2-5-9-15(12)24-17(25)10-16(18(24)26)27-19(21)23-22-11-13-7-3-4-8-14(13)20/h2-9,11,16H,10H2,1H3,(H2,21,23)/b22-11-/t16-/m1/s1. The number of nitrogens with two attached hydrogens (primary N) is 1. The van der Waals surface area contributed by atoms with E-state index in [9.17, 15) is 9.59 Å². The Balaban J connectivity index is 1.69. The molecule has 0 unspecified atom stereocenters. The van der Waals surface area contributed by atoms with Crippen LogP contribution in [0.1, 0.15) is 17.5 Å². The van der Waals surface area contributed by atoms with Gasteiger partial charge >= 0.3 is 0 Å². The molecular weight excluding hydrogens is 384 g/mol. The van der Waals surface area contributed by atoms with Gasteiger partial charge in [-0.1, -0.05) is 59.8 Å². The number of carbonyl (C=O) groups excluding carboxylic acids is 2. The van der Waals surface area contributed by atoms with Crippen molar-refractivity contribution in [3.05, 3.63) is 64.7 Å². The van der Waals surface area contributed by atoms with Crippen LogP contribution in [0.2, 0.25) is 5.02 Å². The van der Waals surface area contributed by atoms with E-state index in [4.69, 9.17) is 17.3 Å². The van der Waals surface area contributed by atoms with Gasteiger partial charge in [-0.15, -0.1) is 5.10 Å². The van der Waals surface area contributed by atoms with Gasteiger partial charge in [0.2, 0.25) is 11.8 Å². The van der Waals surface area contributed by atoms with Crippen molar-refractivity contribution >= 4 is 52.2 Å². The van der Waals surface area contributed by atoms with Crippen molar-refractivity contribution in [1.82, 2.24) is 0 Å². The number of thioether (sulfide) groups is 1. The van der Waals surface area contributed by atoms with E-state index in [1.165, 1.54) is 11.1 Å². The van der Waals surface area contributed by atoms with Gasteiger partial charge in [0.25, 0.3) is 0 Å². The van der Waals surface area contributed by atoms with Crippen LogP contribution in [0.3, 0.4) is 0 Å². The maximum Gasteiger partial charge on any atom is 0.247 e. The molecule has 1 heterocycles. The van der Waals surface area contributed by atoms with Crippen molar-refractivity contribution in [1.29, 1.82) is 0 Å². The molecule has 1 atom stereocenters. The fourth-order valence-corrected chi connectivity index (χ4v) is 3.66. The number of benzene rings is 2. The minimum absolute atomic E-state index is 0.0717. The zero-order valence-electron chi connectivity index (χ0n) is 14.5. The van der Waals surface area contributed by atoms with Crippen molar-refractivity contribution in [2.75, 3.05) is 4.90 Å². The van der Waals surface area contributed by atoms with Crippen LogP contribution in [0.15, 0.2) is 58.7 Å². The van der Waals surface area contributed by atoms with Crippen LogP contribution in [0.4, 0.5) is 5.69 Å². The first kappa shape index (κ1) is 19.1. The first-order chi connectivity index (χ1) is 13.0. The third-order valence-corrected chi connectivity index (χ3v) is 5.30. The zero-order chi connectivity index (χ0) is 19.4. The molecule has 138 valence electrons. The Labute approximate surface area is 166 Å². The summed E-state index contributed by atoms with van der Waals surface area (Å²) in [7, 11) is 0. The molecule has 0 aromatic heterocycles. The Kier molecular flexibility index (Phi) is 5.93. The van der Waals surface area contributed by atoms with Crippen molar-refractivity contribution in [2.24, 2.45) is 15.9 Å². The molecule has 2 amide bonds. The molecule has 1 aliphatic rings. The average Bonchev–Trinajstić information content (AvgIpc) is 2.91. The second-order valence-electron chi connectivity index (χ2n) is 5.87. The number of hydrogen-bond acceptors (Lipinski definition) is 5. The highest BCUT2D eigenvalue weighted by molar-refractivity contribution is 8.14. The van der Waals surface area contributed by atoms with E-state index in [2.05, 4.69) is 10.2 Å². The quantitative estimate of drug-likeness (QED) is 0.369. The maximum absolute atomic E-state index is 12.7. The molecule has 8 heteroatoms. The third-order valence-electron chi connectivity index (χ3n) is 3.98. The van der Waals surface area contributed by atoms with E-state index >= 15 is 0 Å². The van der Waals surface area contributed by atoms with Gasteiger partial charge in [-0.05, 0) is 24.6 Å². The maximum atomic E-state index is 12.7. The summed E-state index contributed by atoms with van der Waals surface area (Å²) in [5.74, 6) is -0.549. The second-order valence-corrected chi connectivity index (χ2v) is 7.50. The van der Waals surface area contributed by atoms with Gasteiger partial charge in [0.05, 0.1) is 11.9 Å². The third kappa shape index (κ3) is 4.37. The second kappa shape index (κ2) is 8.37. The summed E-state index contributed by atoms with van der Waals surface area (Å²) >= 11 is 7.07. The lowest BCUT2D eigenvalue weighted by molar-refractivity contribution is -0.121. The highest BCUT2D eigenvalue weighted by Gasteiger charge is 2.41. The topological polar surface area (TPSA) is 88.1 Å². The molecule has 3 rings (SSSR count). The lowest BCUT2D eigenvalue weighted by atomic mass is 10.2. The van der Waals surface area contributed by atoms with Gasteiger partial charge in [0, 0.05) is 17.0 Å². The van der Waals surface area contributed by atoms with Crippen molar-refractivity contribution in [2.45, 2.75) is 18.6 Å². The molecule has 0 saturated carbocycles. The van der Waals surface area contributed by atoms with Crippen LogP contribution in [-0.2, 0) is 9.59 Å². The molecule has 1 saturated heterocycles. The Morgan fingerprint density at radius 2 is 1.93 bits per heavy atom. The van der Waals surface area contributed by atoms with Gasteiger partial charge in [-0.3, -0.25) is 9.59 Å². The van der Waals surface area contributed by atoms with E-state index in [0.29, 0.717) is 16.3 Å². The van der Waals surface area contributed by atoms with E-state index in [1.807, 2.05) is 31.2 Å². The lowest BCUT2D eigenvalue weighted by Crippen LogP contribution is -2.32. The normalized spacial score (nSPS) is 17.9. The summed E-state index contributed by atoms with van der Waals surface area (Å²) in [5, 5.41) is 7.83. The van der Waals surface area contributed by atoms with Crippen LogP contribution in [0, 0.1) is 6.92 Å². The molecule has 0 radical (unpaired) electrons. The molecule has 6 nitrogen and oxygen atoms in total. The summed E-state index contributed by atoms with van der Waals surface area (Å²) in [6.07, 6.45) is 1.55. The molecule has 2 aromatic rings. The number of carbonyl (C=O) groups is 2. The number of halogens is 1. The number of aryl methyl sites for hydroxylation is 1. The number of imide groups is 1. The first-order valence-electron chi connectivity index (χ1n) is 8.17.